The van der Waals surface area contributed by atoms with Gasteiger partial charge in [0.2, 0.25) is 5.95 Å². The van der Waals surface area contributed by atoms with E-state index in [0.717, 1.165) is 37.6 Å². The first-order valence-corrected chi connectivity index (χ1v) is 14.3. The maximum atomic E-state index is 13.6. The number of likely N-dealkylation sites (N-methyl/N-ethyl adjacent to an activating group) is 1. The zero-order valence-electron chi connectivity index (χ0n) is 24.0. The quantitative estimate of drug-likeness (QED) is 0.358. The number of pyridine rings is 1. The van der Waals surface area contributed by atoms with Gasteiger partial charge in [0.25, 0.3) is 11.5 Å². The second-order valence-electron chi connectivity index (χ2n) is 10.7. The first-order valence-electron chi connectivity index (χ1n) is 14.3. The summed E-state index contributed by atoms with van der Waals surface area (Å²) >= 11 is 0. The van der Waals surface area contributed by atoms with Crippen LogP contribution in [0.25, 0.3) is 16.9 Å². The van der Waals surface area contributed by atoms with E-state index in [1.807, 2.05) is 18.2 Å². The average molecular weight is 582 g/mol. The fourth-order valence-corrected chi connectivity index (χ4v) is 5.57. The molecular formula is C30H31N9O4. The Bertz CT molecular complexity index is 1850. The third-order valence-corrected chi connectivity index (χ3v) is 7.91. The van der Waals surface area contributed by atoms with Gasteiger partial charge in [-0.2, -0.15) is 4.98 Å². The Morgan fingerprint density at radius 1 is 1.02 bits per heavy atom. The summed E-state index contributed by atoms with van der Waals surface area (Å²) in [7, 11) is 3.77. The van der Waals surface area contributed by atoms with E-state index in [9.17, 15) is 9.59 Å². The molecule has 0 unspecified atom stereocenters. The van der Waals surface area contributed by atoms with Gasteiger partial charge in [0, 0.05) is 68.8 Å². The van der Waals surface area contributed by atoms with Crippen LogP contribution in [-0.2, 0) is 11.3 Å². The van der Waals surface area contributed by atoms with E-state index in [1.54, 1.807) is 28.8 Å². The van der Waals surface area contributed by atoms with Gasteiger partial charge < -0.3 is 24.6 Å². The molecule has 0 saturated carbocycles. The van der Waals surface area contributed by atoms with Gasteiger partial charge in [-0.25, -0.2) is 19.3 Å². The van der Waals surface area contributed by atoms with Crippen LogP contribution in [0.4, 0.5) is 23.1 Å². The highest BCUT2D eigenvalue weighted by atomic mass is 16.5. The minimum Gasteiger partial charge on any atom is -0.497 e. The number of rotatable bonds is 4. The van der Waals surface area contributed by atoms with Crippen molar-refractivity contribution in [2.24, 2.45) is 0 Å². The fourth-order valence-electron chi connectivity index (χ4n) is 5.57. The van der Waals surface area contributed by atoms with Gasteiger partial charge in [-0.3, -0.25) is 14.5 Å². The monoisotopic (exact) mass is 581 g/mol. The first-order chi connectivity index (χ1) is 21.0. The number of piperazine rings is 1. The lowest BCUT2D eigenvalue weighted by Crippen LogP contribution is -2.44. The van der Waals surface area contributed by atoms with E-state index in [2.05, 4.69) is 39.0 Å². The van der Waals surface area contributed by atoms with Crippen molar-refractivity contribution < 1.29 is 14.3 Å². The summed E-state index contributed by atoms with van der Waals surface area (Å²) in [6.07, 6.45) is 2.78. The maximum absolute atomic E-state index is 13.6. The normalized spacial score (nSPS) is 16.8. The maximum Gasteiger partial charge on any atom is 0.279 e. The van der Waals surface area contributed by atoms with Gasteiger partial charge in [0.1, 0.15) is 17.7 Å². The van der Waals surface area contributed by atoms with Crippen LogP contribution in [0.2, 0.25) is 0 Å². The number of nitrogens with one attached hydrogen (secondary N) is 1. The molecule has 13 heteroatoms. The minimum atomic E-state index is -0.282. The molecule has 1 aromatic carbocycles. The average Bonchev–Trinajstić information content (AvgIpc) is 3.29. The summed E-state index contributed by atoms with van der Waals surface area (Å²) in [4.78, 5) is 46.6. The van der Waals surface area contributed by atoms with Gasteiger partial charge in [-0.1, -0.05) is 5.92 Å². The largest absolute Gasteiger partial charge is 0.497 e. The van der Waals surface area contributed by atoms with Gasteiger partial charge >= 0.3 is 0 Å². The van der Waals surface area contributed by atoms with E-state index < -0.39 is 0 Å². The molecule has 4 aromatic rings. The highest BCUT2D eigenvalue weighted by molar-refractivity contribution is 5.96. The predicted molar refractivity (Wildman–Crippen MR) is 162 cm³/mol. The number of carbonyl (C=O) groups excluding carboxylic acids is 1. The summed E-state index contributed by atoms with van der Waals surface area (Å²) in [6, 6.07) is 9.47. The van der Waals surface area contributed by atoms with Crippen LogP contribution in [0.3, 0.4) is 0 Å². The number of carbonyl (C=O) groups is 1. The van der Waals surface area contributed by atoms with E-state index in [4.69, 9.17) is 19.4 Å². The zero-order valence-corrected chi connectivity index (χ0v) is 24.0. The SMILES string of the molecule is COc1cc(Nc2ncc3c(=O)n4n(c3n2)-c2ccc3c(n2)N(CCCC#CC4)C(=O)CO3)cc(N2CCN(C)CC2)c1. The summed E-state index contributed by atoms with van der Waals surface area (Å²) in [6.45, 7) is 4.37. The lowest BCUT2D eigenvalue weighted by molar-refractivity contribution is -0.121. The van der Waals surface area contributed by atoms with E-state index in [-0.39, 0.29) is 24.6 Å². The van der Waals surface area contributed by atoms with Crippen molar-refractivity contribution in [3.8, 4) is 29.2 Å². The Morgan fingerprint density at radius 3 is 2.72 bits per heavy atom. The lowest BCUT2D eigenvalue weighted by Gasteiger charge is -2.34. The van der Waals surface area contributed by atoms with Crippen molar-refractivity contribution in [1.29, 1.82) is 0 Å². The Hall–Kier alpha value is -5.09. The molecule has 1 saturated heterocycles. The fraction of sp³-hybridized carbons (Fsp3) is 0.367. The Kier molecular flexibility index (Phi) is 6.83. The van der Waals surface area contributed by atoms with Crippen molar-refractivity contribution in [3.05, 3.63) is 46.9 Å². The predicted octanol–water partition coefficient (Wildman–Crippen LogP) is 2.00. The number of hydrogen-bond donors (Lipinski definition) is 1. The standard InChI is InChI=1S/C30H31N9O4/c1-35-11-13-36(14-12-35)21-15-20(16-22(17-21)42-2)32-30-31-18-23-27(34-30)39-25-8-7-24-28(33-25)37(26(40)19-43-24)9-5-3-4-6-10-38(39)29(23)41/h7-8,15-18H,3,5,9-14,19H2,1-2H3,(H,31,32,34). The number of fused-ring (bicyclic) bond motifs is 5. The summed E-state index contributed by atoms with van der Waals surface area (Å²) < 4.78 is 14.4. The van der Waals surface area contributed by atoms with E-state index >= 15 is 0 Å². The van der Waals surface area contributed by atoms with Crippen LogP contribution in [-0.4, -0.2) is 88.6 Å². The van der Waals surface area contributed by atoms with Crippen LogP contribution < -0.4 is 30.1 Å². The molecule has 0 atom stereocenters. The highest BCUT2D eigenvalue weighted by Gasteiger charge is 2.28. The Morgan fingerprint density at radius 2 is 1.88 bits per heavy atom. The van der Waals surface area contributed by atoms with Crippen LogP contribution in [0.1, 0.15) is 12.8 Å². The second kappa shape index (κ2) is 11.0. The molecule has 0 spiro atoms. The molecule has 7 rings (SSSR count). The molecule has 0 radical (unpaired) electrons. The number of nitrogens with zero attached hydrogens (tertiary/aromatic N) is 8. The summed E-state index contributed by atoms with van der Waals surface area (Å²) in [5.41, 5.74) is 1.88. The molecule has 43 heavy (non-hydrogen) atoms. The van der Waals surface area contributed by atoms with Crippen molar-refractivity contribution in [1.82, 2.24) is 29.2 Å². The van der Waals surface area contributed by atoms with Gasteiger partial charge in [-0.15, -0.1) is 5.92 Å². The van der Waals surface area contributed by atoms with Crippen LogP contribution in [0.15, 0.2) is 41.3 Å². The molecule has 3 aliphatic heterocycles. The molecule has 6 heterocycles. The minimum absolute atomic E-state index is 0.0418. The first kappa shape index (κ1) is 26.8. The van der Waals surface area contributed by atoms with Crippen LogP contribution >= 0.6 is 0 Å². The molecule has 1 amide bonds. The number of ether oxygens (including phenoxy) is 2. The molecule has 3 aromatic heterocycles. The molecule has 3 aliphatic rings. The topological polar surface area (TPSA) is 123 Å². The van der Waals surface area contributed by atoms with Gasteiger partial charge in [-0.05, 0) is 31.7 Å². The Labute approximate surface area is 247 Å². The molecule has 1 fully saturated rings. The number of methoxy groups -OCH3 is 1. The molecule has 220 valence electrons. The molecule has 0 aliphatic carbocycles. The number of hydrogen-bond acceptors (Lipinski definition) is 10. The molecular weight excluding hydrogens is 550 g/mol. The van der Waals surface area contributed by atoms with Crippen LogP contribution in [0, 0.1) is 11.8 Å². The zero-order chi connectivity index (χ0) is 29.5. The Balaban J connectivity index is 1.31. The van der Waals surface area contributed by atoms with Crippen molar-refractivity contribution in [3.63, 3.8) is 0 Å². The second-order valence-corrected chi connectivity index (χ2v) is 10.7. The van der Waals surface area contributed by atoms with E-state index in [0.29, 0.717) is 59.5 Å². The van der Waals surface area contributed by atoms with Gasteiger partial charge in [0.05, 0.1) is 7.11 Å². The third-order valence-electron chi connectivity index (χ3n) is 7.91. The number of benzene rings is 1. The van der Waals surface area contributed by atoms with Crippen molar-refractivity contribution in [2.75, 3.05) is 68.6 Å². The number of anilines is 4. The van der Waals surface area contributed by atoms with Gasteiger partial charge in [0.15, 0.2) is 29.6 Å². The number of aromatic nitrogens is 5. The molecule has 13 nitrogen and oxygen atoms in total. The van der Waals surface area contributed by atoms with Crippen molar-refractivity contribution in [2.45, 2.75) is 19.4 Å². The van der Waals surface area contributed by atoms with Crippen molar-refractivity contribution >= 4 is 40.1 Å². The van der Waals surface area contributed by atoms with Crippen LogP contribution in [0.5, 0.6) is 11.5 Å². The smallest absolute Gasteiger partial charge is 0.279 e. The molecule has 1 N–H and O–H groups in total. The number of amides is 1. The lowest BCUT2D eigenvalue weighted by atomic mass is 10.2. The summed E-state index contributed by atoms with van der Waals surface area (Å²) in [5.74, 6) is 8.43. The third kappa shape index (κ3) is 4.99. The van der Waals surface area contributed by atoms with E-state index in [1.165, 1.54) is 10.9 Å². The summed E-state index contributed by atoms with van der Waals surface area (Å²) in [5, 5.41) is 3.63. The molecule has 2 bridgehead atoms. The highest BCUT2D eigenvalue weighted by Crippen LogP contribution is 2.33.